The number of nitrogens with zero attached hydrogens (tertiary/aromatic N) is 2. The molecular formula is C24H27FN2. The van der Waals surface area contributed by atoms with Crippen LogP contribution < -0.4 is 4.90 Å². The third-order valence-electron chi connectivity index (χ3n) is 5.67. The van der Waals surface area contributed by atoms with Crippen LogP contribution in [0.4, 0.5) is 10.1 Å². The first kappa shape index (κ1) is 19.2. The van der Waals surface area contributed by atoms with Crippen molar-refractivity contribution in [3.05, 3.63) is 64.5 Å². The van der Waals surface area contributed by atoms with Crippen LogP contribution in [0.2, 0.25) is 0 Å². The van der Waals surface area contributed by atoms with Crippen LogP contribution in [0.15, 0.2) is 36.4 Å². The van der Waals surface area contributed by atoms with E-state index in [2.05, 4.69) is 57.7 Å². The molecule has 0 radical (unpaired) electrons. The number of rotatable bonds is 3. The number of nitriles is 1. The van der Waals surface area contributed by atoms with Crippen LogP contribution in [0, 0.1) is 24.1 Å². The molecule has 0 saturated carbocycles. The van der Waals surface area contributed by atoms with E-state index in [9.17, 15) is 9.65 Å². The van der Waals surface area contributed by atoms with Crippen molar-refractivity contribution < 1.29 is 4.39 Å². The monoisotopic (exact) mass is 362 g/mol. The van der Waals surface area contributed by atoms with Gasteiger partial charge in [-0.1, -0.05) is 19.1 Å². The summed E-state index contributed by atoms with van der Waals surface area (Å²) >= 11 is 0. The van der Waals surface area contributed by atoms with Crippen molar-refractivity contribution in [3.8, 4) is 6.07 Å². The first-order valence-corrected chi connectivity index (χ1v) is 9.56. The molecule has 1 heterocycles. The highest BCUT2D eigenvalue weighted by Crippen LogP contribution is 2.44. The van der Waals surface area contributed by atoms with Gasteiger partial charge < -0.3 is 4.90 Å². The van der Waals surface area contributed by atoms with Crippen LogP contribution in [0.5, 0.6) is 0 Å². The molecule has 3 rings (SSSR count). The van der Waals surface area contributed by atoms with E-state index in [4.69, 9.17) is 0 Å². The molecule has 0 aromatic heterocycles. The molecule has 140 valence electrons. The van der Waals surface area contributed by atoms with E-state index < -0.39 is 0 Å². The van der Waals surface area contributed by atoms with Crippen molar-refractivity contribution in [2.75, 3.05) is 11.4 Å². The van der Waals surface area contributed by atoms with Crippen molar-refractivity contribution in [3.63, 3.8) is 0 Å². The summed E-state index contributed by atoms with van der Waals surface area (Å²) < 4.78 is 13.2. The van der Waals surface area contributed by atoms with E-state index in [-0.39, 0.29) is 11.4 Å². The minimum Gasteiger partial charge on any atom is -0.366 e. The molecular weight excluding hydrogens is 335 g/mol. The summed E-state index contributed by atoms with van der Waals surface area (Å²) in [5.41, 5.74) is 6.26. The Bertz CT molecular complexity index is 917. The van der Waals surface area contributed by atoms with Gasteiger partial charge in [0.15, 0.2) is 0 Å². The van der Waals surface area contributed by atoms with Crippen LogP contribution in [-0.2, 0) is 0 Å². The van der Waals surface area contributed by atoms with Gasteiger partial charge in [0.2, 0.25) is 0 Å². The van der Waals surface area contributed by atoms with Crippen LogP contribution >= 0.6 is 0 Å². The molecule has 1 aliphatic heterocycles. The summed E-state index contributed by atoms with van der Waals surface area (Å²) in [4.78, 5) is 2.48. The molecule has 0 aliphatic carbocycles. The molecule has 2 aromatic carbocycles. The molecule has 1 unspecified atom stereocenters. The second-order valence-electron chi connectivity index (χ2n) is 8.11. The number of benzene rings is 2. The molecule has 0 amide bonds. The van der Waals surface area contributed by atoms with Crippen LogP contribution in [0.1, 0.15) is 62.3 Å². The molecule has 1 aliphatic rings. The molecule has 0 fully saturated rings. The summed E-state index contributed by atoms with van der Waals surface area (Å²) in [7, 11) is 0. The number of anilines is 1. The van der Waals surface area contributed by atoms with Crippen LogP contribution in [0.25, 0.3) is 11.6 Å². The number of fused-ring (bicyclic) bond motifs is 1. The maximum Gasteiger partial charge on any atom is 0.123 e. The summed E-state index contributed by atoms with van der Waals surface area (Å²) in [5, 5.41) is 9.62. The van der Waals surface area contributed by atoms with Crippen molar-refractivity contribution in [2.24, 2.45) is 0 Å². The predicted octanol–water partition coefficient (Wildman–Crippen LogP) is 6.31. The normalized spacial score (nSPS) is 18.8. The molecule has 0 saturated heterocycles. The second kappa shape index (κ2) is 7.19. The summed E-state index contributed by atoms with van der Waals surface area (Å²) in [6, 6.07) is 12.8. The fourth-order valence-corrected chi connectivity index (χ4v) is 4.37. The van der Waals surface area contributed by atoms with Crippen molar-refractivity contribution in [1.82, 2.24) is 0 Å². The van der Waals surface area contributed by atoms with Crippen molar-refractivity contribution in [2.45, 2.75) is 52.5 Å². The zero-order chi connectivity index (χ0) is 19.8. The number of hydrogen-bond donors (Lipinski definition) is 0. The topological polar surface area (TPSA) is 27.0 Å². The first-order chi connectivity index (χ1) is 12.8. The minimum atomic E-state index is -0.294. The van der Waals surface area contributed by atoms with Gasteiger partial charge in [-0.05, 0) is 92.6 Å². The third-order valence-corrected chi connectivity index (χ3v) is 5.67. The average Bonchev–Trinajstić information content (AvgIpc) is 2.61. The largest absolute Gasteiger partial charge is 0.366 e. The Balaban J connectivity index is 2.10. The van der Waals surface area contributed by atoms with E-state index in [0.717, 1.165) is 29.7 Å². The predicted molar refractivity (Wildman–Crippen MR) is 111 cm³/mol. The Morgan fingerprint density at radius 3 is 2.56 bits per heavy atom. The Labute approximate surface area is 161 Å². The van der Waals surface area contributed by atoms with E-state index in [1.54, 1.807) is 12.1 Å². The smallest absolute Gasteiger partial charge is 0.123 e. The zero-order valence-corrected chi connectivity index (χ0v) is 16.8. The number of hydrogen-bond acceptors (Lipinski definition) is 2. The van der Waals surface area contributed by atoms with Gasteiger partial charge in [-0.25, -0.2) is 4.39 Å². The SMILES string of the molecule is CCN1c2cc(C)c(/C=C(/C#N)c3ccc(F)cc3)cc2C(C)CC1(C)C. The van der Waals surface area contributed by atoms with Crippen LogP contribution in [-0.4, -0.2) is 12.1 Å². The van der Waals surface area contributed by atoms with Crippen LogP contribution in [0.3, 0.4) is 0 Å². The van der Waals surface area contributed by atoms with Gasteiger partial charge in [-0.3, -0.25) is 0 Å². The van der Waals surface area contributed by atoms with Gasteiger partial charge in [0.25, 0.3) is 0 Å². The Morgan fingerprint density at radius 2 is 1.96 bits per heavy atom. The number of halogens is 1. The Hall–Kier alpha value is -2.60. The zero-order valence-electron chi connectivity index (χ0n) is 16.8. The number of allylic oxidation sites excluding steroid dienone is 1. The fraction of sp³-hybridized carbons (Fsp3) is 0.375. The number of aryl methyl sites for hydroxylation is 1. The molecule has 3 heteroatoms. The molecule has 2 nitrogen and oxygen atoms in total. The van der Waals surface area contributed by atoms with Gasteiger partial charge in [0, 0.05) is 17.8 Å². The molecule has 0 bridgehead atoms. The highest BCUT2D eigenvalue weighted by atomic mass is 19.1. The first-order valence-electron chi connectivity index (χ1n) is 9.56. The lowest BCUT2D eigenvalue weighted by Crippen LogP contribution is -2.48. The standard InChI is InChI=1S/C24H27FN2/c1-6-27-23-11-16(2)19(13-22(23)17(3)14-24(27,4)5)12-20(15-26)18-7-9-21(25)10-8-18/h7-13,17H,6,14H2,1-5H3/b20-12-. The highest BCUT2D eigenvalue weighted by Gasteiger charge is 2.35. The Morgan fingerprint density at radius 1 is 1.30 bits per heavy atom. The fourth-order valence-electron chi connectivity index (χ4n) is 4.37. The summed E-state index contributed by atoms with van der Waals surface area (Å²) in [5.74, 6) is 0.166. The Kier molecular flexibility index (Phi) is 5.11. The maximum absolute atomic E-state index is 13.2. The summed E-state index contributed by atoms with van der Waals surface area (Å²) in [6.07, 6.45) is 3.02. The maximum atomic E-state index is 13.2. The van der Waals surface area contributed by atoms with Gasteiger partial charge in [0.1, 0.15) is 5.82 Å². The lowest BCUT2D eigenvalue weighted by atomic mass is 9.79. The van der Waals surface area contributed by atoms with Crippen molar-refractivity contribution >= 4 is 17.3 Å². The third kappa shape index (κ3) is 3.62. The van der Waals surface area contributed by atoms with Gasteiger partial charge in [-0.2, -0.15) is 5.26 Å². The van der Waals surface area contributed by atoms with Gasteiger partial charge >= 0.3 is 0 Å². The minimum absolute atomic E-state index is 0.136. The van der Waals surface area contributed by atoms with E-state index >= 15 is 0 Å². The molecule has 1 atom stereocenters. The summed E-state index contributed by atoms with van der Waals surface area (Å²) in [6.45, 7) is 12.2. The lowest BCUT2D eigenvalue weighted by molar-refractivity contribution is 0.381. The van der Waals surface area contributed by atoms with E-state index in [1.807, 2.05) is 6.08 Å². The molecule has 2 aromatic rings. The average molecular weight is 362 g/mol. The van der Waals surface area contributed by atoms with Gasteiger partial charge in [0.05, 0.1) is 11.6 Å². The van der Waals surface area contributed by atoms with Gasteiger partial charge in [-0.15, -0.1) is 0 Å². The van der Waals surface area contributed by atoms with E-state index in [1.165, 1.54) is 23.4 Å². The quantitative estimate of drug-likeness (QED) is 0.472. The molecule has 27 heavy (non-hydrogen) atoms. The van der Waals surface area contributed by atoms with E-state index in [0.29, 0.717) is 11.5 Å². The molecule has 0 spiro atoms. The lowest BCUT2D eigenvalue weighted by Gasteiger charge is -2.47. The van der Waals surface area contributed by atoms with Crippen molar-refractivity contribution in [1.29, 1.82) is 5.26 Å². The second-order valence-corrected chi connectivity index (χ2v) is 8.11. The molecule has 0 N–H and O–H groups in total. The highest BCUT2D eigenvalue weighted by molar-refractivity contribution is 5.90.